The molecule has 0 spiro atoms. The van der Waals surface area contributed by atoms with E-state index in [0.717, 1.165) is 22.6 Å². The molecule has 3 N–H and O–H groups in total. The van der Waals surface area contributed by atoms with E-state index in [-0.39, 0.29) is 5.84 Å². The Bertz CT molecular complexity index is 600. The van der Waals surface area contributed by atoms with Gasteiger partial charge in [-0.05, 0) is 25.0 Å². The van der Waals surface area contributed by atoms with Gasteiger partial charge < -0.3 is 5.73 Å². The fraction of sp³-hybridized carbons (Fsp3) is 0.235. The van der Waals surface area contributed by atoms with Crippen LogP contribution < -0.4 is 5.73 Å². The van der Waals surface area contributed by atoms with Crippen molar-refractivity contribution in [3.05, 3.63) is 70.3 Å². The lowest BCUT2D eigenvalue weighted by Gasteiger charge is -2.08. The summed E-state index contributed by atoms with van der Waals surface area (Å²) in [6, 6.07) is 14.5. The van der Waals surface area contributed by atoms with Crippen molar-refractivity contribution < 1.29 is 0 Å². The van der Waals surface area contributed by atoms with E-state index in [1.54, 1.807) is 0 Å². The first-order valence-electron chi connectivity index (χ1n) is 6.63. The SMILES string of the molecule is Cc1cc(C)cc(CSCc2ccccc2C(=N)N)c1. The normalized spacial score (nSPS) is 10.5. The predicted molar refractivity (Wildman–Crippen MR) is 88.4 cm³/mol. The molecule has 2 aromatic carbocycles. The largest absolute Gasteiger partial charge is 0.384 e. The molecule has 0 aromatic heterocycles. The predicted octanol–water partition coefficient (Wildman–Crippen LogP) is 4.02. The number of hydrogen-bond acceptors (Lipinski definition) is 2. The van der Waals surface area contributed by atoms with Gasteiger partial charge in [-0.3, -0.25) is 5.41 Å². The molecule has 0 atom stereocenters. The molecule has 0 heterocycles. The molecule has 0 saturated heterocycles. The summed E-state index contributed by atoms with van der Waals surface area (Å²) in [7, 11) is 0. The first kappa shape index (κ1) is 14.7. The van der Waals surface area contributed by atoms with Crippen LogP contribution in [0.3, 0.4) is 0 Å². The molecular formula is C17H20N2S. The van der Waals surface area contributed by atoms with Crippen LogP contribution in [0.4, 0.5) is 0 Å². The number of hydrogen-bond donors (Lipinski definition) is 2. The lowest BCUT2D eigenvalue weighted by Crippen LogP contribution is -2.13. The third-order valence-electron chi connectivity index (χ3n) is 3.12. The Morgan fingerprint density at radius 1 is 1.05 bits per heavy atom. The zero-order valence-corrected chi connectivity index (χ0v) is 12.8. The summed E-state index contributed by atoms with van der Waals surface area (Å²) in [5.41, 5.74) is 11.6. The second-order valence-corrected chi connectivity index (χ2v) is 6.05. The number of amidine groups is 1. The highest BCUT2D eigenvalue weighted by Crippen LogP contribution is 2.21. The topological polar surface area (TPSA) is 49.9 Å². The van der Waals surface area contributed by atoms with Crippen molar-refractivity contribution in [2.24, 2.45) is 5.73 Å². The molecule has 0 amide bonds. The molecule has 20 heavy (non-hydrogen) atoms. The molecule has 0 fully saturated rings. The molecule has 0 radical (unpaired) electrons. The van der Waals surface area contributed by atoms with Gasteiger partial charge >= 0.3 is 0 Å². The fourth-order valence-electron chi connectivity index (χ4n) is 2.34. The Hall–Kier alpha value is -1.74. The lowest BCUT2D eigenvalue weighted by atomic mass is 10.1. The molecule has 2 aromatic rings. The minimum Gasteiger partial charge on any atom is -0.384 e. The van der Waals surface area contributed by atoms with Crippen LogP contribution in [-0.2, 0) is 11.5 Å². The van der Waals surface area contributed by atoms with Crippen molar-refractivity contribution in [2.75, 3.05) is 0 Å². The summed E-state index contributed by atoms with van der Waals surface area (Å²) in [5, 5.41) is 7.60. The van der Waals surface area contributed by atoms with E-state index in [9.17, 15) is 0 Å². The number of aryl methyl sites for hydroxylation is 2. The van der Waals surface area contributed by atoms with E-state index in [1.807, 2.05) is 36.0 Å². The van der Waals surface area contributed by atoms with Crippen molar-refractivity contribution in [3.8, 4) is 0 Å². The van der Waals surface area contributed by atoms with E-state index in [1.165, 1.54) is 16.7 Å². The number of benzene rings is 2. The highest BCUT2D eigenvalue weighted by atomic mass is 32.2. The summed E-state index contributed by atoms with van der Waals surface area (Å²) in [6.07, 6.45) is 0. The maximum absolute atomic E-state index is 7.60. The number of nitrogens with two attached hydrogens (primary N) is 1. The summed E-state index contributed by atoms with van der Waals surface area (Å²) in [6.45, 7) is 4.26. The van der Waals surface area contributed by atoms with Gasteiger partial charge in [-0.25, -0.2) is 0 Å². The van der Waals surface area contributed by atoms with Crippen LogP contribution in [0, 0.1) is 19.3 Å². The van der Waals surface area contributed by atoms with Crippen molar-refractivity contribution in [1.82, 2.24) is 0 Å². The summed E-state index contributed by atoms with van der Waals surface area (Å²) < 4.78 is 0. The Kier molecular flexibility index (Phi) is 4.85. The highest BCUT2D eigenvalue weighted by Gasteiger charge is 2.04. The third kappa shape index (κ3) is 3.87. The molecule has 0 aliphatic rings. The Labute approximate surface area is 124 Å². The maximum Gasteiger partial charge on any atom is 0.123 e. The average Bonchev–Trinajstić information content (AvgIpc) is 2.38. The van der Waals surface area contributed by atoms with Crippen molar-refractivity contribution in [1.29, 1.82) is 5.41 Å². The molecule has 0 unspecified atom stereocenters. The Balaban J connectivity index is 2.01. The van der Waals surface area contributed by atoms with E-state index < -0.39 is 0 Å². The Morgan fingerprint density at radius 3 is 2.35 bits per heavy atom. The standard InChI is InChI=1S/C17H20N2S/c1-12-7-13(2)9-14(8-12)10-20-11-15-5-3-4-6-16(15)17(18)19/h3-9H,10-11H2,1-2H3,(H3,18,19). The summed E-state index contributed by atoms with van der Waals surface area (Å²) in [5.74, 6) is 2.00. The number of nitrogen functional groups attached to an aromatic ring is 1. The van der Waals surface area contributed by atoms with Crippen LogP contribution in [-0.4, -0.2) is 5.84 Å². The maximum atomic E-state index is 7.60. The third-order valence-corrected chi connectivity index (χ3v) is 4.17. The molecule has 2 rings (SSSR count). The molecule has 2 nitrogen and oxygen atoms in total. The highest BCUT2D eigenvalue weighted by molar-refractivity contribution is 7.97. The van der Waals surface area contributed by atoms with Crippen LogP contribution >= 0.6 is 11.8 Å². The first-order valence-corrected chi connectivity index (χ1v) is 7.79. The van der Waals surface area contributed by atoms with Gasteiger partial charge in [-0.15, -0.1) is 0 Å². The van der Waals surface area contributed by atoms with Gasteiger partial charge in [0.2, 0.25) is 0 Å². The van der Waals surface area contributed by atoms with E-state index >= 15 is 0 Å². The fourth-order valence-corrected chi connectivity index (χ4v) is 3.32. The van der Waals surface area contributed by atoms with Crippen molar-refractivity contribution >= 4 is 17.6 Å². The summed E-state index contributed by atoms with van der Waals surface area (Å²) >= 11 is 1.86. The number of nitrogens with one attached hydrogen (secondary N) is 1. The molecule has 104 valence electrons. The lowest BCUT2D eigenvalue weighted by molar-refractivity contribution is 1.29. The van der Waals surface area contributed by atoms with E-state index in [2.05, 4.69) is 32.0 Å². The van der Waals surface area contributed by atoms with Crippen LogP contribution in [0.2, 0.25) is 0 Å². The number of rotatable bonds is 5. The zero-order valence-electron chi connectivity index (χ0n) is 11.9. The zero-order chi connectivity index (χ0) is 14.5. The second kappa shape index (κ2) is 6.62. The molecule has 0 bridgehead atoms. The minimum atomic E-state index is 0.146. The molecule has 0 saturated carbocycles. The molecule has 3 heteroatoms. The monoisotopic (exact) mass is 284 g/mol. The smallest absolute Gasteiger partial charge is 0.123 e. The van der Waals surface area contributed by atoms with Gasteiger partial charge in [0.1, 0.15) is 5.84 Å². The van der Waals surface area contributed by atoms with Crippen molar-refractivity contribution in [2.45, 2.75) is 25.4 Å². The van der Waals surface area contributed by atoms with Crippen LogP contribution in [0.15, 0.2) is 42.5 Å². The molecule has 0 aliphatic heterocycles. The van der Waals surface area contributed by atoms with Crippen LogP contribution in [0.1, 0.15) is 27.8 Å². The van der Waals surface area contributed by atoms with Gasteiger partial charge in [-0.1, -0.05) is 53.6 Å². The van der Waals surface area contributed by atoms with E-state index in [4.69, 9.17) is 11.1 Å². The Morgan fingerprint density at radius 2 is 1.70 bits per heavy atom. The summed E-state index contributed by atoms with van der Waals surface area (Å²) in [4.78, 5) is 0. The van der Waals surface area contributed by atoms with E-state index in [0.29, 0.717) is 0 Å². The van der Waals surface area contributed by atoms with Crippen LogP contribution in [0.25, 0.3) is 0 Å². The second-order valence-electron chi connectivity index (χ2n) is 5.06. The first-order chi connectivity index (χ1) is 9.56. The van der Waals surface area contributed by atoms with Gasteiger partial charge in [0.05, 0.1) is 0 Å². The van der Waals surface area contributed by atoms with Crippen LogP contribution in [0.5, 0.6) is 0 Å². The van der Waals surface area contributed by atoms with Gasteiger partial charge in [0.15, 0.2) is 0 Å². The van der Waals surface area contributed by atoms with Crippen molar-refractivity contribution in [3.63, 3.8) is 0 Å². The molecule has 0 aliphatic carbocycles. The molecular weight excluding hydrogens is 264 g/mol. The number of thioether (sulfide) groups is 1. The average molecular weight is 284 g/mol. The van der Waals surface area contributed by atoms with Gasteiger partial charge in [0.25, 0.3) is 0 Å². The van der Waals surface area contributed by atoms with Gasteiger partial charge in [0, 0.05) is 17.1 Å². The quantitative estimate of drug-likeness (QED) is 0.643. The minimum absolute atomic E-state index is 0.146. The van der Waals surface area contributed by atoms with Gasteiger partial charge in [-0.2, -0.15) is 11.8 Å².